The fourth-order valence-corrected chi connectivity index (χ4v) is 3.55. The van der Waals surface area contributed by atoms with Gasteiger partial charge in [0.2, 0.25) is 17.7 Å². The number of carbonyl (C=O) groups excluding carboxylic acids is 3. The molecule has 180 valence electrons. The molecule has 0 heterocycles. The lowest BCUT2D eigenvalue weighted by atomic mass is 10.0. The standard InChI is InChI=1S/C19H36N4O6S2/c1-11(2)9-14(22-16(25)12(20)5-7-30-3)17(26)23-15(10-24)18(27)21-13(19(28)29)6-8-31-4/h11-15,24H,5-10,20H2,1-4H3,(H,21,27)(H,22,25)(H,23,26)(H,28,29). The fraction of sp³-hybridized carbons (Fsp3) is 0.789. The number of carboxylic acids is 1. The van der Waals surface area contributed by atoms with Gasteiger partial charge in [-0.2, -0.15) is 23.5 Å². The topological polar surface area (TPSA) is 171 Å². The maximum absolute atomic E-state index is 12.7. The van der Waals surface area contributed by atoms with Crippen molar-refractivity contribution >= 4 is 47.2 Å². The smallest absolute Gasteiger partial charge is 0.326 e. The van der Waals surface area contributed by atoms with Crippen molar-refractivity contribution in [3.63, 3.8) is 0 Å². The molecule has 0 bridgehead atoms. The highest BCUT2D eigenvalue weighted by atomic mass is 32.2. The van der Waals surface area contributed by atoms with Crippen LogP contribution in [0.1, 0.15) is 33.1 Å². The van der Waals surface area contributed by atoms with Crippen LogP contribution in [0, 0.1) is 5.92 Å². The second kappa shape index (κ2) is 16.2. The largest absolute Gasteiger partial charge is 0.480 e. The van der Waals surface area contributed by atoms with E-state index in [0.717, 1.165) is 0 Å². The summed E-state index contributed by atoms with van der Waals surface area (Å²) < 4.78 is 0. The van der Waals surface area contributed by atoms with Gasteiger partial charge in [0.15, 0.2) is 0 Å². The number of aliphatic carboxylic acids is 1. The number of aliphatic hydroxyl groups is 1. The van der Waals surface area contributed by atoms with Crippen LogP contribution in [0.15, 0.2) is 0 Å². The first kappa shape index (κ1) is 29.5. The summed E-state index contributed by atoms with van der Waals surface area (Å²) in [6.07, 6.45) is 4.67. The van der Waals surface area contributed by atoms with E-state index in [0.29, 0.717) is 24.3 Å². The van der Waals surface area contributed by atoms with Crippen LogP contribution in [0.5, 0.6) is 0 Å². The van der Waals surface area contributed by atoms with Crippen LogP contribution in [-0.4, -0.2) is 88.7 Å². The van der Waals surface area contributed by atoms with Gasteiger partial charge in [-0.1, -0.05) is 13.8 Å². The second-order valence-corrected chi connectivity index (χ2v) is 9.47. The van der Waals surface area contributed by atoms with Crippen molar-refractivity contribution < 1.29 is 29.4 Å². The third kappa shape index (κ3) is 12.2. The van der Waals surface area contributed by atoms with Crippen LogP contribution >= 0.6 is 23.5 Å². The normalized spacial score (nSPS) is 14.9. The van der Waals surface area contributed by atoms with Gasteiger partial charge in [-0.3, -0.25) is 14.4 Å². The highest BCUT2D eigenvalue weighted by Gasteiger charge is 2.30. The molecule has 0 rings (SSSR count). The molecule has 10 nitrogen and oxygen atoms in total. The predicted octanol–water partition coefficient (Wildman–Crippen LogP) is -0.603. The third-order valence-corrected chi connectivity index (χ3v) is 5.64. The minimum atomic E-state index is -1.35. The summed E-state index contributed by atoms with van der Waals surface area (Å²) in [5, 5.41) is 26.2. The van der Waals surface area contributed by atoms with Gasteiger partial charge in [-0.05, 0) is 49.2 Å². The van der Waals surface area contributed by atoms with E-state index in [4.69, 9.17) is 5.73 Å². The number of nitrogens with two attached hydrogens (primary N) is 1. The first-order valence-electron chi connectivity index (χ1n) is 10.1. The molecule has 0 aliphatic rings. The first-order chi connectivity index (χ1) is 14.6. The summed E-state index contributed by atoms with van der Waals surface area (Å²) in [4.78, 5) is 48.8. The van der Waals surface area contributed by atoms with Crippen LogP contribution in [-0.2, 0) is 19.2 Å². The van der Waals surface area contributed by atoms with Crippen molar-refractivity contribution in [2.24, 2.45) is 11.7 Å². The van der Waals surface area contributed by atoms with E-state index < -0.39 is 54.5 Å². The van der Waals surface area contributed by atoms with Crippen molar-refractivity contribution in [1.82, 2.24) is 16.0 Å². The van der Waals surface area contributed by atoms with E-state index in [1.165, 1.54) is 11.8 Å². The van der Waals surface area contributed by atoms with Gasteiger partial charge >= 0.3 is 5.97 Å². The van der Waals surface area contributed by atoms with Crippen LogP contribution < -0.4 is 21.7 Å². The molecule has 0 aliphatic heterocycles. The van der Waals surface area contributed by atoms with Crippen molar-refractivity contribution in [3.8, 4) is 0 Å². The van der Waals surface area contributed by atoms with Gasteiger partial charge in [0, 0.05) is 0 Å². The lowest BCUT2D eigenvalue weighted by molar-refractivity contribution is -0.142. The fourth-order valence-electron chi connectivity index (χ4n) is 2.59. The quantitative estimate of drug-likeness (QED) is 0.169. The van der Waals surface area contributed by atoms with E-state index in [2.05, 4.69) is 16.0 Å². The average Bonchev–Trinajstić information content (AvgIpc) is 2.71. The van der Waals surface area contributed by atoms with Crippen LogP contribution in [0.3, 0.4) is 0 Å². The molecule has 0 saturated carbocycles. The number of hydrogen-bond acceptors (Lipinski definition) is 8. The van der Waals surface area contributed by atoms with E-state index in [-0.39, 0.29) is 12.3 Å². The third-order valence-electron chi connectivity index (χ3n) is 4.35. The molecule has 31 heavy (non-hydrogen) atoms. The first-order valence-corrected chi connectivity index (χ1v) is 12.8. The highest BCUT2D eigenvalue weighted by molar-refractivity contribution is 7.98. The zero-order valence-corrected chi connectivity index (χ0v) is 20.2. The molecule has 4 atom stereocenters. The number of aliphatic hydroxyl groups excluding tert-OH is 1. The Morgan fingerprint density at radius 3 is 1.81 bits per heavy atom. The molecule has 12 heteroatoms. The number of rotatable bonds is 16. The molecule has 3 amide bonds. The maximum atomic E-state index is 12.7. The highest BCUT2D eigenvalue weighted by Crippen LogP contribution is 2.07. The van der Waals surface area contributed by atoms with E-state index in [1.807, 2.05) is 26.4 Å². The van der Waals surface area contributed by atoms with Crippen molar-refractivity contribution in [2.75, 3.05) is 30.6 Å². The Hall–Kier alpha value is -1.50. The molecule has 0 aromatic rings. The Labute approximate surface area is 192 Å². The molecule has 0 spiro atoms. The number of nitrogens with one attached hydrogen (secondary N) is 3. The summed E-state index contributed by atoms with van der Waals surface area (Å²) >= 11 is 2.99. The Balaban J connectivity index is 5.14. The molecule has 0 radical (unpaired) electrons. The summed E-state index contributed by atoms with van der Waals surface area (Å²) in [6.45, 7) is 3.03. The molecule has 0 saturated heterocycles. The van der Waals surface area contributed by atoms with Gasteiger partial charge < -0.3 is 31.9 Å². The van der Waals surface area contributed by atoms with Crippen LogP contribution in [0.25, 0.3) is 0 Å². The second-order valence-electron chi connectivity index (χ2n) is 7.50. The number of carboxylic acid groups (broad SMARTS) is 1. The number of hydrogen-bond donors (Lipinski definition) is 6. The summed E-state index contributed by atoms with van der Waals surface area (Å²) in [5.41, 5.74) is 5.86. The lowest BCUT2D eigenvalue weighted by Gasteiger charge is -2.25. The molecular formula is C19H36N4O6S2. The molecule has 4 unspecified atom stereocenters. The van der Waals surface area contributed by atoms with Gasteiger partial charge in [0.1, 0.15) is 18.1 Å². The zero-order valence-electron chi connectivity index (χ0n) is 18.6. The predicted molar refractivity (Wildman–Crippen MR) is 124 cm³/mol. The van der Waals surface area contributed by atoms with Gasteiger partial charge in [0.25, 0.3) is 0 Å². The lowest BCUT2D eigenvalue weighted by Crippen LogP contribution is -2.58. The minimum absolute atomic E-state index is 0.0582. The van der Waals surface area contributed by atoms with Crippen LogP contribution in [0.2, 0.25) is 0 Å². The molecule has 0 aromatic heterocycles. The Morgan fingerprint density at radius 2 is 1.32 bits per heavy atom. The SMILES string of the molecule is CSCCC(N)C(=O)NC(CC(C)C)C(=O)NC(CO)C(=O)NC(CCSC)C(=O)O. The average molecular weight is 481 g/mol. The maximum Gasteiger partial charge on any atom is 0.326 e. The van der Waals surface area contributed by atoms with Crippen molar-refractivity contribution in [3.05, 3.63) is 0 Å². The minimum Gasteiger partial charge on any atom is -0.480 e. The number of amides is 3. The van der Waals surface area contributed by atoms with Crippen LogP contribution in [0.4, 0.5) is 0 Å². The summed E-state index contributed by atoms with van der Waals surface area (Å²) in [5.74, 6) is -1.85. The zero-order chi connectivity index (χ0) is 24.0. The van der Waals surface area contributed by atoms with Gasteiger partial charge in [0.05, 0.1) is 12.6 Å². The molecule has 0 aliphatic carbocycles. The number of thioether (sulfide) groups is 2. The van der Waals surface area contributed by atoms with Crippen molar-refractivity contribution in [1.29, 1.82) is 0 Å². The number of carbonyl (C=O) groups is 4. The summed E-state index contributed by atoms with van der Waals surface area (Å²) in [7, 11) is 0. The molecule has 0 fully saturated rings. The monoisotopic (exact) mass is 480 g/mol. The van der Waals surface area contributed by atoms with Gasteiger partial charge in [-0.25, -0.2) is 4.79 Å². The van der Waals surface area contributed by atoms with E-state index >= 15 is 0 Å². The Kier molecular flexibility index (Phi) is 15.4. The van der Waals surface area contributed by atoms with E-state index in [9.17, 15) is 29.4 Å². The molecule has 7 N–H and O–H groups in total. The van der Waals surface area contributed by atoms with Crippen molar-refractivity contribution in [2.45, 2.75) is 57.3 Å². The van der Waals surface area contributed by atoms with E-state index in [1.54, 1.807) is 11.8 Å². The Morgan fingerprint density at radius 1 is 0.839 bits per heavy atom. The molecular weight excluding hydrogens is 444 g/mol. The molecule has 0 aromatic carbocycles. The van der Waals surface area contributed by atoms with Gasteiger partial charge in [-0.15, -0.1) is 0 Å². The Bertz CT molecular complexity index is 594. The summed E-state index contributed by atoms with van der Waals surface area (Å²) in [6, 6.07) is -4.19.